The molecule has 2 heterocycles. The molecule has 0 N–H and O–H groups in total. The van der Waals surface area contributed by atoms with Gasteiger partial charge >= 0.3 is 0 Å². The Kier molecular flexibility index (Phi) is 7.01. The minimum Gasteiger partial charge on any atom is -0.341 e. The van der Waals surface area contributed by atoms with Crippen LogP contribution in [0.2, 0.25) is 5.02 Å². The number of amides is 1. The van der Waals surface area contributed by atoms with Crippen LogP contribution in [0.4, 0.5) is 10.3 Å². The number of thioether (sulfide) groups is 1. The zero-order chi connectivity index (χ0) is 22.7. The van der Waals surface area contributed by atoms with Crippen LogP contribution in [-0.2, 0) is 11.3 Å². The first-order chi connectivity index (χ1) is 15.4. The second-order valence-electron chi connectivity index (χ2n) is 7.88. The molecule has 0 saturated carbocycles. The summed E-state index contributed by atoms with van der Waals surface area (Å²) in [5.41, 5.74) is 1.61. The number of carbonyl (C=O) groups excluding carboxylic acids is 1. The van der Waals surface area contributed by atoms with E-state index in [1.807, 2.05) is 41.8 Å². The summed E-state index contributed by atoms with van der Waals surface area (Å²) in [6.07, 6.45) is 2.23. The standard InChI is InChI=1S/C23H25ClFN5OS/c1-16(21(31)28(2)15-17-7-5-9-19(25)13-17)32-23-27-26-22(29-11-3-4-12-29)30(23)20-10-6-8-18(24)14-20/h5-10,13-14,16H,3-4,11-12,15H2,1-2H3. The van der Waals surface area contributed by atoms with Gasteiger partial charge in [0.15, 0.2) is 5.16 Å². The lowest BCUT2D eigenvalue weighted by atomic mass is 10.2. The molecule has 1 aliphatic rings. The Balaban J connectivity index is 1.55. The van der Waals surface area contributed by atoms with E-state index in [-0.39, 0.29) is 11.7 Å². The van der Waals surface area contributed by atoms with Crippen molar-refractivity contribution in [3.05, 3.63) is 64.9 Å². The van der Waals surface area contributed by atoms with Crippen molar-refractivity contribution in [2.75, 3.05) is 25.0 Å². The molecule has 32 heavy (non-hydrogen) atoms. The van der Waals surface area contributed by atoms with Crippen LogP contribution >= 0.6 is 23.4 Å². The van der Waals surface area contributed by atoms with Crippen molar-refractivity contribution >= 4 is 35.2 Å². The monoisotopic (exact) mass is 473 g/mol. The third kappa shape index (κ3) is 5.07. The molecule has 1 unspecified atom stereocenters. The van der Waals surface area contributed by atoms with E-state index in [0.29, 0.717) is 16.7 Å². The van der Waals surface area contributed by atoms with Gasteiger partial charge in [-0.3, -0.25) is 9.36 Å². The highest BCUT2D eigenvalue weighted by atomic mass is 35.5. The lowest BCUT2D eigenvalue weighted by Gasteiger charge is -2.22. The van der Waals surface area contributed by atoms with E-state index in [9.17, 15) is 9.18 Å². The van der Waals surface area contributed by atoms with Crippen LogP contribution in [0, 0.1) is 5.82 Å². The van der Waals surface area contributed by atoms with E-state index in [2.05, 4.69) is 15.1 Å². The molecule has 1 aromatic heterocycles. The summed E-state index contributed by atoms with van der Waals surface area (Å²) in [7, 11) is 1.72. The SMILES string of the molecule is CC(Sc1nnc(N2CCCC2)n1-c1cccc(Cl)c1)C(=O)N(C)Cc1cccc(F)c1. The van der Waals surface area contributed by atoms with Gasteiger partial charge in [0.05, 0.1) is 10.9 Å². The molecule has 9 heteroatoms. The average Bonchev–Trinajstić information content (AvgIpc) is 3.43. The average molecular weight is 474 g/mol. The first-order valence-electron chi connectivity index (χ1n) is 10.5. The molecule has 1 amide bonds. The minimum atomic E-state index is -0.401. The topological polar surface area (TPSA) is 54.3 Å². The van der Waals surface area contributed by atoms with E-state index < -0.39 is 5.25 Å². The highest BCUT2D eigenvalue weighted by molar-refractivity contribution is 8.00. The molecule has 2 aromatic carbocycles. The zero-order valence-corrected chi connectivity index (χ0v) is 19.6. The van der Waals surface area contributed by atoms with E-state index in [1.54, 1.807) is 18.0 Å². The van der Waals surface area contributed by atoms with Gasteiger partial charge in [0, 0.05) is 31.7 Å². The number of benzene rings is 2. The number of anilines is 1. The number of hydrogen-bond acceptors (Lipinski definition) is 5. The van der Waals surface area contributed by atoms with Crippen LogP contribution in [0.25, 0.3) is 5.69 Å². The number of hydrogen-bond donors (Lipinski definition) is 0. The van der Waals surface area contributed by atoms with E-state index >= 15 is 0 Å². The Morgan fingerprint density at radius 3 is 2.66 bits per heavy atom. The Morgan fingerprint density at radius 1 is 1.19 bits per heavy atom. The highest BCUT2D eigenvalue weighted by Crippen LogP contribution is 2.32. The smallest absolute Gasteiger partial charge is 0.235 e. The third-order valence-corrected chi connectivity index (χ3v) is 6.65. The van der Waals surface area contributed by atoms with E-state index in [4.69, 9.17) is 11.6 Å². The minimum absolute atomic E-state index is 0.0670. The van der Waals surface area contributed by atoms with Crippen molar-refractivity contribution in [3.8, 4) is 5.69 Å². The van der Waals surface area contributed by atoms with Gasteiger partial charge in [-0.2, -0.15) is 0 Å². The van der Waals surface area contributed by atoms with Crippen molar-refractivity contribution in [3.63, 3.8) is 0 Å². The van der Waals surface area contributed by atoms with Crippen LogP contribution in [0.15, 0.2) is 53.7 Å². The summed E-state index contributed by atoms with van der Waals surface area (Å²) in [5, 5.41) is 9.72. The maximum atomic E-state index is 13.5. The van der Waals surface area contributed by atoms with Crippen LogP contribution < -0.4 is 4.90 Å². The Labute approximate surface area is 196 Å². The summed E-state index contributed by atoms with van der Waals surface area (Å²) >= 11 is 7.60. The van der Waals surface area contributed by atoms with Gasteiger partial charge in [-0.25, -0.2) is 4.39 Å². The molecule has 0 spiro atoms. The lowest BCUT2D eigenvalue weighted by Crippen LogP contribution is -2.33. The molecule has 0 aliphatic carbocycles. The highest BCUT2D eigenvalue weighted by Gasteiger charge is 2.26. The molecule has 4 rings (SSSR count). The molecule has 1 aliphatic heterocycles. The van der Waals surface area contributed by atoms with Gasteiger partial charge in [0.25, 0.3) is 0 Å². The third-order valence-electron chi connectivity index (χ3n) is 5.39. The molecule has 3 aromatic rings. The fourth-order valence-electron chi connectivity index (χ4n) is 3.81. The van der Waals surface area contributed by atoms with Crippen molar-refractivity contribution in [1.82, 2.24) is 19.7 Å². The molecule has 0 bridgehead atoms. The zero-order valence-electron chi connectivity index (χ0n) is 18.0. The first kappa shape index (κ1) is 22.6. The summed E-state index contributed by atoms with van der Waals surface area (Å²) < 4.78 is 15.5. The molecule has 6 nitrogen and oxygen atoms in total. The Hall–Kier alpha value is -2.58. The van der Waals surface area contributed by atoms with Crippen LogP contribution in [0.1, 0.15) is 25.3 Å². The number of aromatic nitrogens is 3. The van der Waals surface area contributed by atoms with Gasteiger partial charge in [-0.05, 0) is 55.7 Å². The van der Waals surface area contributed by atoms with Crippen molar-refractivity contribution in [2.45, 2.75) is 36.7 Å². The second kappa shape index (κ2) is 9.92. The van der Waals surface area contributed by atoms with Crippen LogP contribution in [-0.4, -0.2) is 51.0 Å². The fraction of sp³-hybridized carbons (Fsp3) is 0.348. The summed E-state index contributed by atoms with van der Waals surface area (Å²) in [6, 6.07) is 13.8. The van der Waals surface area contributed by atoms with Crippen LogP contribution in [0.5, 0.6) is 0 Å². The van der Waals surface area contributed by atoms with Crippen molar-refractivity contribution in [1.29, 1.82) is 0 Å². The maximum absolute atomic E-state index is 13.5. The predicted molar refractivity (Wildman–Crippen MR) is 126 cm³/mol. The Bertz CT molecular complexity index is 1100. The number of carbonyl (C=O) groups is 1. The molecule has 0 radical (unpaired) electrons. The van der Waals surface area contributed by atoms with Gasteiger partial charge in [0.1, 0.15) is 5.82 Å². The summed E-state index contributed by atoms with van der Waals surface area (Å²) in [5.74, 6) is 0.387. The van der Waals surface area contributed by atoms with Gasteiger partial charge in [0.2, 0.25) is 11.9 Å². The molecular weight excluding hydrogens is 449 g/mol. The van der Waals surface area contributed by atoms with Gasteiger partial charge in [-0.15, -0.1) is 10.2 Å². The predicted octanol–water partition coefficient (Wildman–Crippen LogP) is 4.80. The molecular formula is C23H25ClFN5OS. The molecule has 168 valence electrons. The van der Waals surface area contributed by atoms with Crippen molar-refractivity contribution < 1.29 is 9.18 Å². The number of rotatable bonds is 7. The molecule has 1 atom stereocenters. The summed E-state index contributed by atoms with van der Waals surface area (Å²) in [4.78, 5) is 16.8. The lowest BCUT2D eigenvalue weighted by molar-refractivity contribution is -0.129. The fourth-order valence-corrected chi connectivity index (χ4v) is 4.97. The summed E-state index contributed by atoms with van der Waals surface area (Å²) in [6.45, 7) is 4.03. The van der Waals surface area contributed by atoms with Crippen molar-refractivity contribution in [2.24, 2.45) is 0 Å². The van der Waals surface area contributed by atoms with Crippen LogP contribution in [0.3, 0.4) is 0 Å². The largest absolute Gasteiger partial charge is 0.341 e. The quantitative estimate of drug-likeness (QED) is 0.461. The Morgan fingerprint density at radius 2 is 1.94 bits per heavy atom. The molecule has 1 fully saturated rings. The maximum Gasteiger partial charge on any atom is 0.235 e. The second-order valence-corrected chi connectivity index (χ2v) is 9.62. The molecule has 1 saturated heterocycles. The number of nitrogens with zero attached hydrogens (tertiary/aromatic N) is 5. The van der Waals surface area contributed by atoms with Gasteiger partial charge in [-0.1, -0.05) is 41.6 Å². The first-order valence-corrected chi connectivity index (χ1v) is 11.8. The van der Waals surface area contributed by atoms with E-state index in [0.717, 1.165) is 43.1 Å². The van der Waals surface area contributed by atoms with Gasteiger partial charge < -0.3 is 9.80 Å². The van der Waals surface area contributed by atoms with E-state index in [1.165, 1.54) is 23.9 Å². The number of halogens is 2. The normalized spacial score (nSPS) is 14.6.